The molecular weight excluding hydrogens is 380 g/mol. The number of hydrogen-bond acceptors (Lipinski definition) is 4. The third-order valence-electron chi connectivity index (χ3n) is 6.70. The highest BCUT2D eigenvalue weighted by atomic mass is 32.1. The van der Waals surface area contributed by atoms with E-state index in [2.05, 4.69) is 11.1 Å². The van der Waals surface area contributed by atoms with Crippen molar-refractivity contribution < 1.29 is 9.90 Å². The standard InChI is InChI=1S/C24H26N2O2S/c27-23(13-12-22-25-20-10-4-5-11-21(20)29-22)26-15-17-7-6-14-24(28,19(17)16-26)18-8-2-1-3-9-18/h1-5,8-11,17,19,28H,6-7,12-16H2/t17-,19+,24+/m1/s1. The largest absolute Gasteiger partial charge is 0.385 e. The van der Waals surface area contributed by atoms with Crippen molar-refractivity contribution in [3.63, 3.8) is 0 Å². The molecule has 3 aromatic rings. The van der Waals surface area contributed by atoms with Crippen molar-refractivity contribution in [1.82, 2.24) is 9.88 Å². The maximum atomic E-state index is 12.9. The number of hydrogen-bond donors (Lipinski definition) is 1. The molecule has 29 heavy (non-hydrogen) atoms. The van der Waals surface area contributed by atoms with E-state index in [1.165, 1.54) is 4.70 Å². The van der Waals surface area contributed by atoms with Gasteiger partial charge in [0.25, 0.3) is 0 Å². The zero-order valence-corrected chi connectivity index (χ0v) is 17.3. The lowest BCUT2D eigenvalue weighted by Gasteiger charge is -2.41. The van der Waals surface area contributed by atoms with Crippen molar-refractivity contribution >= 4 is 27.5 Å². The van der Waals surface area contributed by atoms with Crippen LogP contribution in [0.2, 0.25) is 0 Å². The number of aliphatic hydroxyl groups is 1. The molecule has 5 rings (SSSR count). The summed E-state index contributed by atoms with van der Waals surface area (Å²) in [7, 11) is 0. The Morgan fingerprint density at radius 1 is 1.14 bits per heavy atom. The van der Waals surface area contributed by atoms with Crippen LogP contribution in [0, 0.1) is 11.8 Å². The van der Waals surface area contributed by atoms with Crippen molar-refractivity contribution in [2.75, 3.05) is 13.1 Å². The highest BCUT2D eigenvalue weighted by Gasteiger charge is 2.50. The Labute approximate surface area is 175 Å². The van der Waals surface area contributed by atoms with Crippen LogP contribution in [0.3, 0.4) is 0 Å². The minimum atomic E-state index is -0.813. The number of nitrogens with zero attached hydrogens (tertiary/aromatic N) is 2. The van der Waals surface area contributed by atoms with E-state index >= 15 is 0 Å². The monoisotopic (exact) mass is 406 g/mol. The second-order valence-electron chi connectivity index (χ2n) is 8.42. The Morgan fingerprint density at radius 3 is 2.76 bits per heavy atom. The first-order valence-corrected chi connectivity index (χ1v) is 11.4. The highest BCUT2D eigenvalue weighted by Crippen LogP contribution is 2.48. The molecule has 4 nitrogen and oxygen atoms in total. The Kier molecular flexibility index (Phi) is 4.88. The number of rotatable bonds is 4. The van der Waals surface area contributed by atoms with E-state index in [0.29, 0.717) is 25.3 Å². The fourth-order valence-corrected chi connectivity index (χ4v) is 6.18. The van der Waals surface area contributed by atoms with Crippen molar-refractivity contribution in [2.45, 2.75) is 37.7 Å². The summed E-state index contributed by atoms with van der Waals surface area (Å²) in [5.41, 5.74) is 1.20. The van der Waals surface area contributed by atoms with Crippen LogP contribution in [-0.4, -0.2) is 34.0 Å². The first-order valence-electron chi connectivity index (χ1n) is 10.5. The topological polar surface area (TPSA) is 53.4 Å². The minimum Gasteiger partial charge on any atom is -0.385 e. The lowest BCUT2D eigenvalue weighted by atomic mass is 9.67. The quantitative estimate of drug-likeness (QED) is 0.700. The van der Waals surface area contributed by atoms with Crippen molar-refractivity contribution in [2.24, 2.45) is 11.8 Å². The van der Waals surface area contributed by atoms with E-state index in [-0.39, 0.29) is 11.8 Å². The summed E-state index contributed by atoms with van der Waals surface area (Å²) >= 11 is 1.68. The van der Waals surface area contributed by atoms with E-state index < -0.39 is 5.60 Å². The molecule has 2 heterocycles. The Hall–Kier alpha value is -2.24. The number of aryl methyl sites for hydroxylation is 1. The van der Waals surface area contributed by atoms with Crippen LogP contribution in [0.25, 0.3) is 10.2 Å². The average molecular weight is 407 g/mol. The van der Waals surface area contributed by atoms with Crippen LogP contribution in [0.5, 0.6) is 0 Å². The molecule has 1 N–H and O–H groups in total. The Balaban J connectivity index is 1.27. The Bertz CT molecular complexity index is 985. The molecule has 1 amide bonds. The fourth-order valence-electron chi connectivity index (χ4n) is 5.21. The number of likely N-dealkylation sites (tertiary alicyclic amines) is 1. The van der Waals surface area contributed by atoms with Gasteiger partial charge in [-0.15, -0.1) is 11.3 Å². The predicted octanol–water partition coefficient (Wildman–Crippen LogP) is 4.38. The summed E-state index contributed by atoms with van der Waals surface area (Å²) in [6.45, 7) is 1.44. The summed E-state index contributed by atoms with van der Waals surface area (Å²) in [5.74, 6) is 0.708. The van der Waals surface area contributed by atoms with E-state index in [9.17, 15) is 9.90 Å². The van der Waals surface area contributed by atoms with Crippen LogP contribution < -0.4 is 0 Å². The molecule has 3 atom stereocenters. The Morgan fingerprint density at radius 2 is 1.93 bits per heavy atom. The zero-order chi connectivity index (χ0) is 19.8. The van der Waals surface area contributed by atoms with Gasteiger partial charge in [0, 0.05) is 31.8 Å². The maximum absolute atomic E-state index is 12.9. The summed E-state index contributed by atoms with van der Waals surface area (Å²) in [6.07, 6.45) is 4.07. The summed E-state index contributed by atoms with van der Waals surface area (Å²) < 4.78 is 1.18. The molecule has 1 saturated heterocycles. The van der Waals surface area contributed by atoms with Crippen LogP contribution in [-0.2, 0) is 16.8 Å². The number of amides is 1. The highest BCUT2D eigenvalue weighted by molar-refractivity contribution is 7.18. The third kappa shape index (κ3) is 3.47. The molecule has 0 bridgehead atoms. The van der Waals surface area contributed by atoms with Crippen molar-refractivity contribution in [3.8, 4) is 0 Å². The molecule has 1 aliphatic heterocycles. The molecule has 0 radical (unpaired) electrons. The van der Waals surface area contributed by atoms with E-state index in [0.717, 1.165) is 41.9 Å². The van der Waals surface area contributed by atoms with Gasteiger partial charge in [-0.25, -0.2) is 4.98 Å². The van der Waals surface area contributed by atoms with E-state index in [1.807, 2.05) is 53.4 Å². The molecule has 0 spiro atoms. The molecular formula is C24H26N2O2S. The molecule has 2 aliphatic rings. The number of aromatic nitrogens is 1. The van der Waals surface area contributed by atoms with Gasteiger partial charge < -0.3 is 10.0 Å². The van der Waals surface area contributed by atoms with Crippen molar-refractivity contribution in [1.29, 1.82) is 0 Å². The zero-order valence-electron chi connectivity index (χ0n) is 16.5. The number of carbonyl (C=O) groups is 1. The van der Waals surface area contributed by atoms with Gasteiger partial charge in [-0.05, 0) is 42.9 Å². The average Bonchev–Trinajstić information content (AvgIpc) is 3.37. The lowest BCUT2D eigenvalue weighted by molar-refractivity contribution is -0.130. The van der Waals surface area contributed by atoms with Gasteiger partial charge in [0.05, 0.1) is 20.8 Å². The van der Waals surface area contributed by atoms with Gasteiger partial charge in [-0.3, -0.25) is 4.79 Å². The molecule has 1 saturated carbocycles. The molecule has 1 aromatic heterocycles. The second kappa shape index (κ2) is 7.54. The predicted molar refractivity (Wildman–Crippen MR) is 116 cm³/mol. The SMILES string of the molecule is O=C(CCc1nc2ccccc2s1)N1C[C@H]2CCC[C@](O)(c3ccccc3)[C@H]2C1. The van der Waals surface area contributed by atoms with Gasteiger partial charge in [-0.1, -0.05) is 42.5 Å². The van der Waals surface area contributed by atoms with Gasteiger partial charge >= 0.3 is 0 Å². The number of fused-ring (bicyclic) bond motifs is 2. The molecule has 1 aliphatic carbocycles. The summed E-state index contributed by atoms with van der Waals surface area (Å²) in [5, 5.41) is 12.6. The van der Waals surface area contributed by atoms with Gasteiger partial charge in [0.1, 0.15) is 0 Å². The summed E-state index contributed by atoms with van der Waals surface area (Å²) in [6, 6.07) is 18.1. The molecule has 5 heteroatoms. The van der Waals surface area contributed by atoms with Crippen LogP contribution >= 0.6 is 11.3 Å². The normalized spacial score (nSPS) is 26.6. The smallest absolute Gasteiger partial charge is 0.223 e. The first kappa shape index (κ1) is 18.8. The van der Waals surface area contributed by atoms with Crippen LogP contribution in [0.15, 0.2) is 54.6 Å². The van der Waals surface area contributed by atoms with Gasteiger partial charge in [0.15, 0.2) is 0 Å². The lowest BCUT2D eigenvalue weighted by Crippen LogP contribution is -2.42. The number of para-hydroxylation sites is 1. The summed E-state index contributed by atoms with van der Waals surface area (Å²) in [4.78, 5) is 19.6. The molecule has 150 valence electrons. The van der Waals surface area contributed by atoms with Crippen LogP contribution in [0.4, 0.5) is 0 Å². The number of benzene rings is 2. The van der Waals surface area contributed by atoms with Crippen LogP contribution in [0.1, 0.15) is 36.3 Å². The van der Waals surface area contributed by atoms with E-state index in [4.69, 9.17) is 0 Å². The molecule has 2 fully saturated rings. The number of carbonyl (C=O) groups excluding carboxylic acids is 1. The molecule has 2 aromatic carbocycles. The third-order valence-corrected chi connectivity index (χ3v) is 7.80. The van der Waals surface area contributed by atoms with E-state index in [1.54, 1.807) is 11.3 Å². The fraction of sp³-hybridized carbons (Fsp3) is 0.417. The first-order chi connectivity index (χ1) is 14.1. The maximum Gasteiger partial charge on any atom is 0.223 e. The van der Waals surface area contributed by atoms with Gasteiger partial charge in [-0.2, -0.15) is 0 Å². The number of thiazole rings is 1. The van der Waals surface area contributed by atoms with Crippen molar-refractivity contribution in [3.05, 3.63) is 65.2 Å². The molecule has 0 unspecified atom stereocenters. The minimum absolute atomic E-state index is 0.130. The van der Waals surface area contributed by atoms with Gasteiger partial charge in [0.2, 0.25) is 5.91 Å². The second-order valence-corrected chi connectivity index (χ2v) is 9.54.